The van der Waals surface area contributed by atoms with Crippen molar-refractivity contribution in [3.8, 4) is 0 Å². The van der Waals surface area contributed by atoms with Crippen LogP contribution in [-0.4, -0.2) is 36.6 Å². The second-order valence-electron chi connectivity index (χ2n) is 2.42. The monoisotopic (exact) mass is 173 g/mol. The Morgan fingerprint density at radius 3 is 3.17 bits per heavy atom. The van der Waals surface area contributed by atoms with Gasteiger partial charge in [0.25, 0.3) is 0 Å². The van der Waals surface area contributed by atoms with Crippen molar-refractivity contribution in [2.45, 2.75) is 12.2 Å². The molecular weight excluding hydrogens is 162 g/mol. The fraction of sp³-hybridized carbons (Fsp3) is 0.571. The van der Waals surface area contributed by atoms with Gasteiger partial charge in [-0.15, -0.1) is 0 Å². The Balaban J connectivity index is 2.23. The van der Waals surface area contributed by atoms with Crippen molar-refractivity contribution >= 4 is 6.09 Å². The van der Waals surface area contributed by atoms with Gasteiger partial charge in [-0.2, -0.15) is 0 Å². The Kier molecular flexibility index (Phi) is 3.07. The average molecular weight is 173 g/mol. The zero-order chi connectivity index (χ0) is 8.97. The lowest BCUT2D eigenvalue weighted by molar-refractivity contribution is -0.0189. The maximum absolute atomic E-state index is 10.1. The Morgan fingerprint density at radius 1 is 1.92 bits per heavy atom. The first-order chi connectivity index (χ1) is 5.70. The van der Waals surface area contributed by atoms with Crippen molar-refractivity contribution in [3.63, 3.8) is 0 Å². The molecule has 1 aliphatic heterocycles. The van der Waals surface area contributed by atoms with Gasteiger partial charge < -0.3 is 20.3 Å². The number of aliphatic hydroxyl groups is 1. The van der Waals surface area contributed by atoms with Crippen LogP contribution in [0.4, 0.5) is 4.79 Å². The van der Waals surface area contributed by atoms with Crippen molar-refractivity contribution < 1.29 is 19.4 Å². The van der Waals surface area contributed by atoms with E-state index in [1.165, 1.54) is 0 Å². The summed E-state index contributed by atoms with van der Waals surface area (Å²) in [4.78, 5) is 10.1. The van der Waals surface area contributed by atoms with Crippen LogP contribution in [0.15, 0.2) is 12.2 Å². The van der Waals surface area contributed by atoms with E-state index in [-0.39, 0.29) is 12.7 Å². The summed E-state index contributed by atoms with van der Waals surface area (Å²) in [5.41, 5.74) is 4.71. The maximum Gasteiger partial charge on any atom is 0.404 e. The summed E-state index contributed by atoms with van der Waals surface area (Å²) in [7, 11) is 0. The summed E-state index contributed by atoms with van der Waals surface area (Å²) in [6.45, 7) is 0.350. The summed E-state index contributed by atoms with van der Waals surface area (Å²) in [6.07, 6.45) is 1.39. The van der Waals surface area contributed by atoms with Crippen molar-refractivity contribution in [1.29, 1.82) is 0 Å². The van der Waals surface area contributed by atoms with Crippen LogP contribution < -0.4 is 5.73 Å². The van der Waals surface area contributed by atoms with Gasteiger partial charge in [0.2, 0.25) is 0 Å². The van der Waals surface area contributed by atoms with E-state index >= 15 is 0 Å². The van der Waals surface area contributed by atoms with Gasteiger partial charge in [-0.3, -0.25) is 0 Å². The zero-order valence-corrected chi connectivity index (χ0v) is 6.47. The first kappa shape index (κ1) is 9.02. The second-order valence-corrected chi connectivity index (χ2v) is 2.42. The standard InChI is InChI=1S/C7H11NO4/c8-7(10)12-4-5(9)6-2-1-3-11-6/h1-2,5-6,9H,3-4H2,(H2,8,10)/t5-,6-/m0/s1. The number of carbonyl (C=O) groups excluding carboxylic acids is 1. The highest BCUT2D eigenvalue weighted by molar-refractivity contribution is 5.64. The largest absolute Gasteiger partial charge is 0.447 e. The summed E-state index contributed by atoms with van der Waals surface area (Å²) in [6, 6.07) is 0. The van der Waals surface area contributed by atoms with Crippen molar-refractivity contribution in [3.05, 3.63) is 12.2 Å². The molecule has 5 heteroatoms. The maximum atomic E-state index is 10.1. The van der Waals surface area contributed by atoms with Crippen molar-refractivity contribution in [2.75, 3.05) is 13.2 Å². The number of nitrogens with two attached hydrogens (primary N) is 1. The fourth-order valence-corrected chi connectivity index (χ4v) is 0.914. The van der Waals surface area contributed by atoms with E-state index in [4.69, 9.17) is 10.5 Å². The van der Waals surface area contributed by atoms with Crippen LogP contribution in [0.3, 0.4) is 0 Å². The summed E-state index contributed by atoms with van der Waals surface area (Å²) in [5.74, 6) is 0. The number of hydrogen-bond acceptors (Lipinski definition) is 4. The third-order valence-corrected chi connectivity index (χ3v) is 1.49. The van der Waals surface area contributed by atoms with Gasteiger partial charge in [-0.25, -0.2) is 4.79 Å². The molecule has 0 saturated carbocycles. The first-order valence-corrected chi connectivity index (χ1v) is 3.58. The van der Waals surface area contributed by atoms with Gasteiger partial charge in [0.05, 0.1) is 6.61 Å². The summed E-state index contributed by atoms with van der Waals surface area (Å²) >= 11 is 0. The Labute approximate surface area is 69.8 Å². The van der Waals surface area contributed by atoms with Crippen LogP contribution in [0.2, 0.25) is 0 Å². The van der Waals surface area contributed by atoms with Gasteiger partial charge in [-0.1, -0.05) is 12.2 Å². The molecule has 12 heavy (non-hydrogen) atoms. The highest BCUT2D eigenvalue weighted by atomic mass is 16.6. The third kappa shape index (κ3) is 2.52. The van der Waals surface area contributed by atoms with Crippen LogP contribution in [0.25, 0.3) is 0 Å². The van der Waals surface area contributed by atoms with Crippen LogP contribution >= 0.6 is 0 Å². The molecule has 3 N–H and O–H groups in total. The topological polar surface area (TPSA) is 81.8 Å². The highest BCUT2D eigenvalue weighted by Crippen LogP contribution is 2.08. The van der Waals surface area contributed by atoms with Gasteiger partial charge in [-0.05, 0) is 0 Å². The molecule has 0 aromatic rings. The molecule has 0 aromatic heterocycles. The number of hydrogen-bond donors (Lipinski definition) is 2. The lowest BCUT2D eigenvalue weighted by atomic mass is 10.2. The molecule has 0 radical (unpaired) electrons. The SMILES string of the molecule is NC(=O)OC[C@H](O)[C@@H]1C=CCO1. The zero-order valence-electron chi connectivity index (χ0n) is 6.47. The van der Waals surface area contributed by atoms with Crippen LogP contribution in [-0.2, 0) is 9.47 Å². The third-order valence-electron chi connectivity index (χ3n) is 1.49. The molecule has 0 unspecified atom stereocenters. The molecule has 0 fully saturated rings. The van der Waals surface area contributed by atoms with Gasteiger partial charge in [0.15, 0.2) is 0 Å². The molecule has 1 aliphatic rings. The summed E-state index contributed by atoms with van der Waals surface area (Å²) < 4.78 is 9.44. The van der Waals surface area contributed by atoms with Crippen LogP contribution in [0.1, 0.15) is 0 Å². The Hall–Kier alpha value is -1.07. The van der Waals surface area contributed by atoms with Crippen molar-refractivity contribution in [2.24, 2.45) is 5.73 Å². The Morgan fingerprint density at radius 2 is 2.67 bits per heavy atom. The van der Waals surface area contributed by atoms with Gasteiger partial charge in [0.1, 0.15) is 18.8 Å². The molecule has 68 valence electrons. The molecular formula is C7H11NO4. The van der Waals surface area contributed by atoms with E-state index < -0.39 is 12.2 Å². The molecule has 1 amide bonds. The number of amides is 1. The quantitative estimate of drug-likeness (QED) is 0.558. The number of ether oxygens (including phenoxy) is 2. The molecule has 0 bridgehead atoms. The molecule has 0 saturated heterocycles. The molecule has 0 spiro atoms. The highest BCUT2D eigenvalue weighted by Gasteiger charge is 2.20. The second kappa shape index (κ2) is 4.08. The molecule has 1 rings (SSSR count). The molecule has 1 heterocycles. The summed E-state index contributed by atoms with van der Waals surface area (Å²) in [5, 5.41) is 9.29. The Bertz CT molecular complexity index is 192. The van der Waals surface area contributed by atoms with Crippen LogP contribution in [0.5, 0.6) is 0 Å². The predicted molar refractivity (Wildman–Crippen MR) is 40.4 cm³/mol. The minimum absolute atomic E-state index is 0.135. The fourth-order valence-electron chi connectivity index (χ4n) is 0.914. The van der Waals surface area contributed by atoms with Gasteiger partial charge in [0, 0.05) is 0 Å². The van der Waals surface area contributed by atoms with E-state index in [0.29, 0.717) is 6.61 Å². The molecule has 5 nitrogen and oxygen atoms in total. The van der Waals surface area contributed by atoms with Crippen LogP contribution in [0, 0.1) is 0 Å². The van der Waals surface area contributed by atoms with Gasteiger partial charge >= 0.3 is 6.09 Å². The number of primary amides is 1. The smallest absolute Gasteiger partial charge is 0.404 e. The minimum Gasteiger partial charge on any atom is -0.447 e. The average Bonchev–Trinajstić information content (AvgIpc) is 2.51. The minimum atomic E-state index is -0.893. The lowest BCUT2D eigenvalue weighted by Gasteiger charge is -2.15. The predicted octanol–water partition coefficient (Wildman–Crippen LogP) is -0.602. The number of aliphatic hydroxyl groups excluding tert-OH is 1. The molecule has 0 aromatic carbocycles. The van der Waals surface area contributed by atoms with E-state index in [1.807, 2.05) is 0 Å². The molecule has 0 aliphatic carbocycles. The van der Waals surface area contributed by atoms with E-state index in [1.54, 1.807) is 12.2 Å². The van der Waals surface area contributed by atoms with E-state index in [9.17, 15) is 9.90 Å². The lowest BCUT2D eigenvalue weighted by Crippen LogP contribution is -2.31. The van der Waals surface area contributed by atoms with Crippen molar-refractivity contribution in [1.82, 2.24) is 0 Å². The number of rotatable bonds is 3. The molecule has 2 atom stereocenters. The van der Waals surface area contributed by atoms with E-state index in [2.05, 4.69) is 4.74 Å². The first-order valence-electron chi connectivity index (χ1n) is 3.58. The van der Waals surface area contributed by atoms with E-state index in [0.717, 1.165) is 0 Å². The number of carbonyl (C=O) groups is 1. The normalized spacial score (nSPS) is 23.9.